The van der Waals surface area contributed by atoms with E-state index in [-0.39, 0.29) is 34.5 Å². The Morgan fingerprint density at radius 2 is 2.00 bits per heavy atom. The summed E-state index contributed by atoms with van der Waals surface area (Å²) in [4.78, 5) is 31.3. The molecule has 0 atom stereocenters. The number of alkyl halides is 2. The molecule has 144 valence electrons. The first kappa shape index (κ1) is 17.9. The lowest BCUT2D eigenvalue weighted by molar-refractivity contribution is -0.117. The number of fused-ring (bicyclic) bond motifs is 1. The average molecular weight is 386 g/mol. The van der Waals surface area contributed by atoms with Crippen LogP contribution in [0.25, 0.3) is 10.9 Å². The number of benzene rings is 1. The van der Waals surface area contributed by atoms with Crippen LogP contribution in [0.1, 0.15) is 12.8 Å². The Bertz CT molecular complexity index is 1100. The van der Waals surface area contributed by atoms with Crippen molar-refractivity contribution in [3.05, 3.63) is 52.9 Å². The van der Waals surface area contributed by atoms with Crippen LogP contribution in [-0.4, -0.2) is 22.5 Å². The fourth-order valence-corrected chi connectivity index (χ4v) is 2.84. The number of carbonyl (C=O) groups is 1. The van der Waals surface area contributed by atoms with E-state index in [0.717, 1.165) is 12.8 Å². The molecule has 0 unspecified atom stereocenters. The molecular formula is C19H16F2N4O3. The molecule has 1 aromatic carbocycles. The molecule has 9 heteroatoms. The molecule has 1 amide bonds. The Labute approximate surface area is 157 Å². The molecule has 1 aliphatic rings. The standard InChI is InChI=1S/C19H16F2N4O3/c20-19(21)28-14-4-2-1-3-11(14)23-13-9-15(25-17(26)10-5-6-10)24-12-7-8-22-18(27)16(12)13/h1-4,7-10,19H,5-6H2,(H,22,27)(H2,23,24,25,26). The highest BCUT2D eigenvalue weighted by Crippen LogP contribution is 2.33. The lowest BCUT2D eigenvalue weighted by atomic mass is 10.2. The fraction of sp³-hybridized carbons (Fsp3) is 0.211. The van der Waals surface area contributed by atoms with Crippen LogP contribution < -0.4 is 20.9 Å². The van der Waals surface area contributed by atoms with E-state index in [1.165, 1.54) is 18.3 Å². The molecule has 7 nitrogen and oxygen atoms in total. The quantitative estimate of drug-likeness (QED) is 0.601. The molecule has 2 aromatic heterocycles. The second-order valence-corrected chi connectivity index (χ2v) is 6.39. The van der Waals surface area contributed by atoms with Gasteiger partial charge in [-0.25, -0.2) is 4.98 Å². The smallest absolute Gasteiger partial charge is 0.387 e. The van der Waals surface area contributed by atoms with E-state index in [4.69, 9.17) is 0 Å². The number of carbonyl (C=O) groups excluding carboxylic acids is 1. The largest absolute Gasteiger partial charge is 0.433 e. The van der Waals surface area contributed by atoms with Crippen molar-refractivity contribution in [3.8, 4) is 5.75 Å². The molecule has 1 aliphatic carbocycles. The highest BCUT2D eigenvalue weighted by molar-refractivity contribution is 5.98. The monoisotopic (exact) mass is 386 g/mol. The summed E-state index contributed by atoms with van der Waals surface area (Å²) in [5, 5.41) is 5.92. The van der Waals surface area contributed by atoms with Crippen LogP contribution in [0.5, 0.6) is 5.75 Å². The third kappa shape index (κ3) is 3.78. The van der Waals surface area contributed by atoms with Crippen LogP contribution in [0.4, 0.5) is 26.0 Å². The van der Waals surface area contributed by atoms with Gasteiger partial charge >= 0.3 is 6.61 Å². The SMILES string of the molecule is O=C(Nc1cc(Nc2ccccc2OC(F)F)c2c(=O)[nH]ccc2n1)C1CC1. The summed E-state index contributed by atoms with van der Waals surface area (Å²) in [6.07, 6.45) is 3.12. The van der Waals surface area contributed by atoms with E-state index in [9.17, 15) is 18.4 Å². The van der Waals surface area contributed by atoms with Crippen LogP contribution >= 0.6 is 0 Å². The van der Waals surface area contributed by atoms with E-state index in [2.05, 4.69) is 25.3 Å². The highest BCUT2D eigenvalue weighted by atomic mass is 19.3. The number of hydrogen-bond donors (Lipinski definition) is 3. The summed E-state index contributed by atoms with van der Waals surface area (Å²) < 4.78 is 29.9. The summed E-state index contributed by atoms with van der Waals surface area (Å²) in [6.45, 7) is -2.99. The van der Waals surface area contributed by atoms with Crippen LogP contribution in [0.15, 0.2) is 47.4 Å². The molecule has 0 bridgehead atoms. The maximum atomic E-state index is 12.7. The zero-order valence-electron chi connectivity index (χ0n) is 14.5. The van der Waals surface area contributed by atoms with Gasteiger partial charge in [-0.1, -0.05) is 12.1 Å². The Kier molecular flexibility index (Phi) is 4.64. The molecule has 0 radical (unpaired) electrons. The third-order valence-corrected chi connectivity index (χ3v) is 4.30. The maximum absolute atomic E-state index is 12.7. The average Bonchev–Trinajstić information content (AvgIpc) is 3.48. The second-order valence-electron chi connectivity index (χ2n) is 6.39. The summed E-state index contributed by atoms with van der Waals surface area (Å²) in [5.41, 5.74) is 0.508. The molecule has 4 rings (SSSR count). The number of aromatic amines is 1. The van der Waals surface area contributed by atoms with Crippen LogP contribution in [0.2, 0.25) is 0 Å². The number of H-pyrrole nitrogens is 1. The topological polar surface area (TPSA) is 96.1 Å². The number of aromatic nitrogens is 2. The minimum atomic E-state index is -2.99. The number of nitrogens with zero attached hydrogens (tertiary/aromatic N) is 1. The normalized spacial score (nSPS) is 13.5. The Morgan fingerprint density at radius 1 is 1.21 bits per heavy atom. The Hall–Kier alpha value is -3.49. The van der Waals surface area contributed by atoms with E-state index in [1.807, 2.05) is 0 Å². The number of amides is 1. The predicted octanol–water partition coefficient (Wildman–Crippen LogP) is 3.62. The zero-order chi connectivity index (χ0) is 19.7. The number of ether oxygens (including phenoxy) is 1. The van der Waals surface area contributed by atoms with Gasteiger partial charge in [0.15, 0.2) is 0 Å². The van der Waals surface area contributed by atoms with E-state index in [0.29, 0.717) is 11.2 Å². The molecule has 0 saturated heterocycles. The van der Waals surface area contributed by atoms with Gasteiger partial charge < -0.3 is 20.4 Å². The number of para-hydroxylation sites is 2. The molecule has 1 saturated carbocycles. The van der Waals surface area contributed by atoms with Crippen LogP contribution in [0.3, 0.4) is 0 Å². The first-order valence-electron chi connectivity index (χ1n) is 8.65. The molecule has 3 aromatic rings. The van der Waals surface area contributed by atoms with Crippen LogP contribution in [0, 0.1) is 5.92 Å². The van der Waals surface area contributed by atoms with Crippen molar-refractivity contribution in [1.82, 2.24) is 9.97 Å². The lowest BCUT2D eigenvalue weighted by Gasteiger charge is -2.15. The fourth-order valence-electron chi connectivity index (χ4n) is 2.84. The molecule has 1 fully saturated rings. The van der Waals surface area contributed by atoms with E-state index in [1.54, 1.807) is 24.3 Å². The number of pyridine rings is 2. The van der Waals surface area contributed by atoms with Gasteiger partial charge in [0.25, 0.3) is 5.56 Å². The van der Waals surface area contributed by atoms with Crippen LogP contribution in [-0.2, 0) is 4.79 Å². The Balaban J connectivity index is 1.76. The van der Waals surface area contributed by atoms with Crippen molar-refractivity contribution in [2.75, 3.05) is 10.6 Å². The van der Waals surface area contributed by atoms with Gasteiger partial charge in [0.2, 0.25) is 5.91 Å². The van der Waals surface area contributed by atoms with Crippen molar-refractivity contribution >= 4 is 34.0 Å². The first-order valence-corrected chi connectivity index (χ1v) is 8.65. The van der Waals surface area contributed by atoms with Gasteiger partial charge in [0.05, 0.1) is 22.3 Å². The molecule has 2 heterocycles. The van der Waals surface area contributed by atoms with Crippen molar-refractivity contribution in [1.29, 1.82) is 0 Å². The van der Waals surface area contributed by atoms with Crippen molar-refractivity contribution < 1.29 is 18.3 Å². The second kappa shape index (κ2) is 7.26. The number of nitrogens with one attached hydrogen (secondary N) is 3. The number of hydrogen-bond acceptors (Lipinski definition) is 5. The van der Waals surface area contributed by atoms with Gasteiger partial charge in [0, 0.05) is 18.2 Å². The number of halogens is 2. The number of anilines is 3. The van der Waals surface area contributed by atoms with Crippen molar-refractivity contribution in [3.63, 3.8) is 0 Å². The lowest BCUT2D eigenvalue weighted by Crippen LogP contribution is -2.16. The number of rotatable bonds is 6. The zero-order valence-corrected chi connectivity index (χ0v) is 14.5. The molecular weight excluding hydrogens is 370 g/mol. The summed E-state index contributed by atoms with van der Waals surface area (Å²) in [6, 6.07) is 9.22. The third-order valence-electron chi connectivity index (χ3n) is 4.30. The minimum absolute atomic E-state index is 0.0201. The van der Waals surface area contributed by atoms with Gasteiger partial charge in [-0.2, -0.15) is 8.78 Å². The summed E-state index contributed by atoms with van der Waals surface area (Å²) >= 11 is 0. The molecule has 28 heavy (non-hydrogen) atoms. The molecule has 3 N–H and O–H groups in total. The molecule has 0 aliphatic heterocycles. The predicted molar refractivity (Wildman–Crippen MR) is 100 cm³/mol. The van der Waals surface area contributed by atoms with Gasteiger partial charge in [-0.3, -0.25) is 9.59 Å². The maximum Gasteiger partial charge on any atom is 0.387 e. The van der Waals surface area contributed by atoms with E-state index < -0.39 is 12.2 Å². The van der Waals surface area contributed by atoms with Crippen molar-refractivity contribution in [2.45, 2.75) is 19.5 Å². The van der Waals surface area contributed by atoms with Gasteiger partial charge in [0.1, 0.15) is 11.6 Å². The first-order chi connectivity index (χ1) is 13.5. The molecule has 0 spiro atoms. The summed E-state index contributed by atoms with van der Waals surface area (Å²) in [5.74, 6) is 0.0421. The Morgan fingerprint density at radius 3 is 2.75 bits per heavy atom. The van der Waals surface area contributed by atoms with Crippen molar-refractivity contribution in [2.24, 2.45) is 5.92 Å². The summed E-state index contributed by atoms with van der Waals surface area (Å²) in [7, 11) is 0. The van der Waals surface area contributed by atoms with E-state index >= 15 is 0 Å². The minimum Gasteiger partial charge on any atom is -0.433 e. The van der Waals surface area contributed by atoms with Gasteiger partial charge in [-0.15, -0.1) is 0 Å². The highest BCUT2D eigenvalue weighted by Gasteiger charge is 2.30. The van der Waals surface area contributed by atoms with Gasteiger partial charge in [-0.05, 0) is 31.0 Å².